The zero-order chi connectivity index (χ0) is 38.2. The van der Waals surface area contributed by atoms with Crippen LogP contribution in [-0.4, -0.2) is 0 Å². The molecule has 0 aliphatic heterocycles. The normalized spacial score (nSPS) is 13.0. The fourth-order valence-corrected chi connectivity index (χ4v) is 10.8. The van der Waals surface area contributed by atoms with Gasteiger partial charge in [-0.05, 0) is 99.1 Å². The number of benzene rings is 9. The second-order valence-electron chi connectivity index (χ2n) is 15.2. The molecule has 58 heavy (non-hydrogen) atoms. The minimum absolute atomic E-state index is 0.447. The quantitative estimate of drug-likeness (QED) is 0.168. The van der Waals surface area contributed by atoms with Crippen LogP contribution in [0.1, 0.15) is 22.3 Å². The monoisotopic (exact) mass is 757 g/mol. The van der Waals surface area contributed by atoms with Crippen molar-refractivity contribution in [2.45, 2.75) is 5.41 Å². The molecular formula is C55H35NOS. The SMILES string of the molecule is c1ccc(-c2ccc(N(c3ccc4oc5ccccc5c4c3)c3cccc4sc5cc(C6(c7ccccc7)c7ccccc7-c7ccccc76)ccc5c34)cc2)cc1. The first-order chi connectivity index (χ1) is 28.8. The smallest absolute Gasteiger partial charge is 0.135 e. The van der Waals surface area contributed by atoms with E-state index >= 15 is 0 Å². The van der Waals surface area contributed by atoms with E-state index in [4.69, 9.17) is 4.42 Å². The van der Waals surface area contributed by atoms with E-state index in [9.17, 15) is 0 Å². The Balaban J connectivity index is 1.08. The van der Waals surface area contributed by atoms with Crippen molar-refractivity contribution < 1.29 is 4.42 Å². The molecule has 0 saturated heterocycles. The molecule has 9 aromatic carbocycles. The average molecular weight is 758 g/mol. The maximum atomic E-state index is 6.30. The Morgan fingerprint density at radius 2 is 1.03 bits per heavy atom. The molecule has 1 aliphatic rings. The third-order valence-corrected chi connectivity index (χ3v) is 13.3. The first kappa shape index (κ1) is 33.0. The van der Waals surface area contributed by atoms with Crippen molar-refractivity contribution in [1.82, 2.24) is 0 Å². The summed E-state index contributed by atoms with van der Waals surface area (Å²) in [5, 5.41) is 4.73. The first-order valence-corrected chi connectivity index (χ1v) is 20.6. The summed E-state index contributed by atoms with van der Waals surface area (Å²) in [6.07, 6.45) is 0. The van der Waals surface area contributed by atoms with E-state index in [0.717, 1.165) is 39.0 Å². The van der Waals surface area contributed by atoms with E-state index in [-0.39, 0.29) is 0 Å². The van der Waals surface area contributed by atoms with Gasteiger partial charge in [0.15, 0.2) is 0 Å². The van der Waals surface area contributed by atoms with Crippen LogP contribution in [0.5, 0.6) is 0 Å². The van der Waals surface area contributed by atoms with E-state index in [2.05, 4.69) is 205 Å². The van der Waals surface area contributed by atoms with Crippen molar-refractivity contribution in [2.75, 3.05) is 4.90 Å². The number of anilines is 3. The summed E-state index contributed by atoms with van der Waals surface area (Å²) in [7, 11) is 0. The maximum absolute atomic E-state index is 6.30. The zero-order valence-electron chi connectivity index (χ0n) is 31.5. The summed E-state index contributed by atoms with van der Waals surface area (Å²) in [5.41, 5.74) is 14.9. The van der Waals surface area contributed by atoms with Gasteiger partial charge in [0.1, 0.15) is 11.2 Å². The van der Waals surface area contributed by atoms with Gasteiger partial charge in [-0.2, -0.15) is 0 Å². The number of rotatable bonds is 6. The lowest BCUT2D eigenvalue weighted by atomic mass is 9.67. The summed E-state index contributed by atoms with van der Waals surface area (Å²) < 4.78 is 8.83. The van der Waals surface area contributed by atoms with Crippen molar-refractivity contribution in [1.29, 1.82) is 0 Å². The van der Waals surface area contributed by atoms with Crippen LogP contribution in [0.15, 0.2) is 217 Å². The Morgan fingerprint density at radius 1 is 0.397 bits per heavy atom. The molecule has 0 spiro atoms. The number of para-hydroxylation sites is 1. The highest BCUT2D eigenvalue weighted by molar-refractivity contribution is 7.26. The highest BCUT2D eigenvalue weighted by atomic mass is 32.1. The topological polar surface area (TPSA) is 16.4 Å². The van der Waals surface area contributed by atoms with Gasteiger partial charge in [-0.1, -0.05) is 158 Å². The van der Waals surface area contributed by atoms with E-state index in [1.165, 1.54) is 64.7 Å². The van der Waals surface area contributed by atoms with Gasteiger partial charge >= 0.3 is 0 Å². The molecule has 0 fully saturated rings. The van der Waals surface area contributed by atoms with E-state index in [1.807, 2.05) is 23.5 Å². The molecule has 272 valence electrons. The molecule has 2 nitrogen and oxygen atoms in total. The number of fused-ring (bicyclic) bond motifs is 9. The van der Waals surface area contributed by atoms with Crippen molar-refractivity contribution in [3.05, 3.63) is 235 Å². The van der Waals surface area contributed by atoms with Gasteiger partial charge in [0.05, 0.1) is 11.1 Å². The van der Waals surface area contributed by atoms with Gasteiger partial charge in [0.2, 0.25) is 0 Å². The van der Waals surface area contributed by atoms with E-state index < -0.39 is 5.41 Å². The Morgan fingerprint density at radius 3 is 1.81 bits per heavy atom. The lowest BCUT2D eigenvalue weighted by Crippen LogP contribution is -2.28. The van der Waals surface area contributed by atoms with Gasteiger partial charge in [0.25, 0.3) is 0 Å². The summed E-state index contributed by atoms with van der Waals surface area (Å²) >= 11 is 1.88. The van der Waals surface area contributed by atoms with Gasteiger partial charge in [-0.3, -0.25) is 0 Å². The molecule has 3 heteroatoms. The van der Waals surface area contributed by atoms with E-state index in [0.29, 0.717) is 0 Å². The average Bonchev–Trinajstić information content (AvgIpc) is 3.96. The van der Waals surface area contributed by atoms with Crippen LogP contribution in [0.25, 0.3) is 64.4 Å². The summed E-state index contributed by atoms with van der Waals surface area (Å²) in [5.74, 6) is 0. The number of thiophene rings is 1. The van der Waals surface area contributed by atoms with Crippen LogP contribution in [0.4, 0.5) is 17.1 Å². The number of hydrogen-bond donors (Lipinski definition) is 0. The summed E-state index contributed by atoms with van der Waals surface area (Å²) in [4.78, 5) is 2.42. The van der Waals surface area contributed by atoms with Gasteiger partial charge < -0.3 is 9.32 Å². The van der Waals surface area contributed by atoms with Crippen molar-refractivity contribution in [2.24, 2.45) is 0 Å². The standard InChI is InChI=1S/C55H35NOS/c1-3-14-36(15-4-1)37-26-29-40(30-27-37)56(41-31-33-51-46(35-41)44-20-9-12-24-50(44)57-51)49-23-13-25-52-54(49)45-32-28-39(34-53(45)58-52)55(38-16-5-2-6-17-38)47-21-10-7-18-42(47)43-19-8-11-22-48(43)55/h1-35H. The van der Waals surface area contributed by atoms with Crippen molar-refractivity contribution in [3.8, 4) is 22.3 Å². The predicted molar refractivity (Wildman–Crippen MR) is 244 cm³/mol. The molecule has 0 N–H and O–H groups in total. The van der Waals surface area contributed by atoms with Crippen LogP contribution in [0.2, 0.25) is 0 Å². The molecular weight excluding hydrogens is 723 g/mol. The fraction of sp³-hybridized carbons (Fsp3) is 0.0182. The molecule has 12 rings (SSSR count). The molecule has 1 aliphatic carbocycles. The van der Waals surface area contributed by atoms with Crippen LogP contribution >= 0.6 is 11.3 Å². The highest BCUT2D eigenvalue weighted by Crippen LogP contribution is 2.57. The third kappa shape index (κ3) is 4.84. The fourth-order valence-electron chi connectivity index (χ4n) is 9.65. The molecule has 0 radical (unpaired) electrons. The molecule has 0 atom stereocenters. The largest absolute Gasteiger partial charge is 0.456 e. The van der Waals surface area contributed by atoms with Gasteiger partial charge in [0, 0.05) is 42.3 Å². The Kier molecular flexibility index (Phi) is 7.35. The van der Waals surface area contributed by atoms with Crippen LogP contribution < -0.4 is 4.90 Å². The molecule has 0 bridgehead atoms. The Bertz CT molecular complexity index is 3300. The Labute approximate surface area is 340 Å². The van der Waals surface area contributed by atoms with Crippen molar-refractivity contribution >= 4 is 70.5 Å². The molecule has 11 aromatic rings. The van der Waals surface area contributed by atoms with Crippen LogP contribution in [0.3, 0.4) is 0 Å². The van der Waals surface area contributed by atoms with Crippen molar-refractivity contribution in [3.63, 3.8) is 0 Å². The molecule has 0 saturated carbocycles. The molecule has 0 unspecified atom stereocenters. The summed E-state index contributed by atoms with van der Waals surface area (Å²) in [6.45, 7) is 0. The second-order valence-corrected chi connectivity index (χ2v) is 16.3. The maximum Gasteiger partial charge on any atom is 0.135 e. The highest BCUT2D eigenvalue weighted by Gasteiger charge is 2.46. The number of hydrogen-bond acceptors (Lipinski definition) is 3. The zero-order valence-corrected chi connectivity index (χ0v) is 32.3. The van der Waals surface area contributed by atoms with Gasteiger partial charge in [-0.15, -0.1) is 11.3 Å². The molecule has 2 heterocycles. The Hall–Kier alpha value is -7.20. The number of furan rings is 1. The van der Waals surface area contributed by atoms with Gasteiger partial charge in [-0.25, -0.2) is 0 Å². The number of nitrogens with zero attached hydrogens (tertiary/aromatic N) is 1. The summed E-state index contributed by atoms with van der Waals surface area (Å²) in [6, 6.07) is 77.5. The molecule has 0 amide bonds. The lowest BCUT2D eigenvalue weighted by Gasteiger charge is -2.34. The third-order valence-electron chi connectivity index (χ3n) is 12.2. The first-order valence-electron chi connectivity index (χ1n) is 19.8. The van der Waals surface area contributed by atoms with E-state index in [1.54, 1.807) is 0 Å². The van der Waals surface area contributed by atoms with Crippen LogP contribution in [-0.2, 0) is 5.41 Å². The lowest BCUT2D eigenvalue weighted by molar-refractivity contribution is 0.669. The minimum atomic E-state index is -0.447. The van der Waals surface area contributed by atoms with Crippen LogP contribution in [0, 0.1) is 0 Å². The molecule has 2 aromatic heterocycles. The predicted octanol–water partition coefficient (Wildman–Crippen LogP) is 15.5. The minimum Gasteiger partial charge on any atom is -0.456 e. The second kappa shape index (κ2) is 12.9.